The third-order valence-electron chi connectivity index (χ3n) is 10.7. The smallest absolute Gasteiger partial charge is 0.319 e. The molecule has 1 aliphatic carbocycles. The number of terminal acetylenes is 1. The fourth-order valence-electron chi connectivity index (χ4n) is 7.34. The molecule has 0 radical (unpaired) electrons. The van der Waals surface area contributed by atoms with Crippen LogP contribution in [0.5, 0.6) is 11.8 Å². The molecule has 1 saturated carbocycles. The Morgan fingerprint density at radius 1 is 1.23 bits per heavy atom. The zero-order valence-corrected chi connectivity index (χ0v) is 30.6. The first-order valence-corrected chi connectivity index (χ1v) is 17.6. The van der Waals surface area contributed by atoms with E-state index in [1.54, 1.807) is 32.8 Å². The second-order valence-electron chi connectivity index (χ2n) is 14.6. The van der Waals surface area contributed by atoms with Crippen molar-refractivity contribution < 1.29 is 32.2 Å². The summed E-state index contributed by atoms with van der Waals surface area (Å²) in [6.07, 6.45) is 10.9. The number of fused-ring (bicyclic) bond motifs is 2. The largest absolute Gasteiger partial charge is 0.461 e. The molecular weight excluding hydrogens is 685 g/mol. The fourth-order valence-corrected chi connectivity index (χ4v) is 7.34. The number of benzene rings is 2. The Morgan fingerprint density at radius 2 is 1.96 bits per heavy atom. The summed E-state index contributed by atoms with van der Waals surface area (Å²) in [7, 11) is 3.54. The number of pyridine rings is 1. The van der Waals surface area contributed by atoms with E-state index in [0.29, 0.717) is 5.39 Å². The van der Waals surface area contributed by atoms with Gasteiger partial charge in [0.25, 0.3) is 0 Å². The lowest BCUT2D eigenvalue weighted by Gasteiger charge is -2.38. The maximum absolute atomic E-state index is 17.1. The molecule has 4 aromatic rings. The quantitative estimate of drug-likeness (QED) is 0.0768. The number of carbonyl (C=O) groups is 2. The first kappa shape index (κ1) is 37.5. The molecule has 10 nitrogen and oxygen atoms in total. The first-order valence-electron chi connectivity index (χ1n) is 17.6. The van der Waals surface area contributed by atoms with E-state index in [2.05, 4.69) is 32.8 Å². The van der Waals surface area contributed by atoms with Gasteiger partial charge in [-0.25, -0.2) is 13.2 Å². The molecule has 2 fully saturated rings. The molecule has 0 unspecified atom stereocenters. The van der Waals surface area contributed by atoms with Gasteiger partial charge in [0.05, 0.1) is 27.9 Å². The van der Waals surface area contributed by atoms with Crippen molar-refractivity contribution in [2.45, 2.75) is 70.1 Å². The average molecular weight is 729 g/mol. The molecule has 278 valence electrons. The molecule has 0 spiro atoms. The number of amides is 1. The zero-order chi connectivity index (χ0) is 38.2. The van der Waals surface area contributed by atoms with Crippen molar-refractivity contribution in [3.8, 4) is 35.4 Å². The average Bonchev–Trinajstić information content (AvgIpc) is 3.72. The number of likely N-dealkylation sites (N-methyl/N-ethyl adjacent to an activating group) is 2. The first-order chi connectivity index (χ1) is 25.2. The molecule has 53 heavy (non-hydrogen) atoms. The summed E-state index contributed by atoms with van der Waals surface area (Å²) in [4.78, 5) is 42.5. The molecule has 2 atom stereocenters. The van der Waals surface area contributed by atoms with Crippen molar-refractivity contribution in [2.24, 2.45) is 5.92 Å². The molecule has 2 aromatic carbocycles. The highest BCUT2D eigenvalue weighted by Crippen LogP contribution is 2.40. The summed E-state index contributed by atoms with van der Waals surface area (Å²) in [5.74, 6) is -0.109. The molecule has 0 bridgehead atoms. The van der Waals surface area contributed by atoms with Crippen LogP contribution in [0.3, 0.4) is 0 Å². The molecule has 3 heterocycles. The standard InChI is InChI=1S/C40H43F3N6O4/c1-8-27-30(42)13-12-24-16-26(53-37(51)23(3)4)17-28(32(24)27)34-33(43)35-29(19-44-34)36(45-21-40(14-10-11-15-40)49(7)31(50)9-2)47-38(46-35)52-22-39(5)18-25(41)20-48(39)6/h1,9,12-13,16-17,19,23,25H,2,10-11,14-15,18,20-22H2,3-7H3,(H,45,46,47)/t25-,39+/m1/s1. The molecule has 1 saturated heterocycles. The van der Waals surface area contributed by atoms with Gasteiger partial charge in [-0.2, -0.15) is 9.97 Å². The van der Waals surface area contributed by atoms with Crippen LogP contribution in [0.4, 0.5) is 19.0 Å². The van der Waals surface area contributed by atoms with E-state index in [1.807, 2.05) is 11.8 Å². The third-order valence-corrected chi connectivity index (χ3v) is 10.7. The summed E-state index contributed by atoms with van der Waals surface area (Å²) < 4.78 is 58.3. The van der Waals surface area contributed by atoms with E-state index in [9.17, 15) is 14.0 Å². The van der Waals surface area contributed by atoms with Crippen LogP contribution in [-0.4, -0.2) is 87.7 Å². The van der Waals surface area contributed by atoms with Gasteiger partial charge in [0, 0.05) is 43.7 Å². The van der Waals surface area contributed by atoms with Crippen molar-refractivity contribution in [2.75, 3.05) is 39.1 Å². The number of esters is 1. The van der Waals surface area contributed by atoms with Crippen molar-refractivity contribution in [1.29, 1.82) is 0 Å². The number of ether oxygens (including phenoxy) is 2. The van der Waals surface area contributed by atoms with Gasteiger partial charge >= 0.3 is 12.0 Å². The Bertz CT molecular complexity index is 2150. The van der Waals surface area contributed by atoms with E-state index in [4.69, 9.17) is 15.9 Å². The number of hydrogen-bond donors (Lipinski definition) is 1. The molecule has 2 aliphatic rings. The zero-order valence-electron chi connectivity index (χ0n) is 30.6. The van der Waals surface area contributed by atoms with Crippen LogP contribution in [-0.2, 0) is 9.59 Å². The summed E-state index contributed by atoms with van der Waals surface area (Å²) in [5, 5.41) is 4.15. The van der Waals surface area contributed by atoms with Gasteiger partial charge in [0.2, 0.25) is 5.91 Å². The number of anilines is 1. The normalized spacial score (nSPS) is 19.7. The van der Waals surface area contributed by atoms with E-state index in [-0.39, 0.29) is 82.7 Å². The predicted molar refractivity (Wildman–Crippen MR) is 197 cm³/mol. The second-order valence-corrected chi connectivity index (χ2v) is 14.6. The van der Waals surface area contributed by atoms with Crippen LogP contribution in [0.15, 0.2) is 43.1 Å². The molecule has 1 amide bonds. The van der Waals surface area contributed by atoms with Gasteiger partial charge in [-0.1, -0.05) is 45.3 Å². The van der Waals surface area contributed by atoms with Gasteiger partial charge < -0.3 is 19.7 Å². The summed E-state index contributed by atoms with van der Waals surface area (Å²) >= 11 is 0. The number of hydrogen-bond acceptors (Lipinski definition) is 9. The number of alkyl halides is 1. The molecule has 13 heteroatoms. The van der Waals surface area contributed by atoms with Crippen LogP contribution in [0.1, 0.15) is 58.4 Å². The van der Waals surface area contributed by atoms with E-state index >= 15 is 8.78 Å². The number of halogens is 3. The molecule has 2 aromatic heterocycles. The van der Waals surface area contributed by atoms with Gasteiger partial charge in [0.15, 0.2) is 5.82 Å². The molecule has 1 aliphatic heterocycles. The van der Waals surface area contributed by atoms with Gasteiger partial charge in [-0.15, -0.1) is 6.42 Å². The monoisotopic (exact) mass is 728 g/mol. The van der Waals surface area contributed by atoms with Crippen LogP contribution < -0.4 is 14.8 Å². The minimum Gasteiger partial charge on any atom is -0.461 e. The van der Waals surface area contributed by atoms with Crippen LogP contribution >= 0.6 is 0 Å². The van der Waals surface area contributed by atoms with Crippen molar-refractivity contribution in [1.82, 2.24) is 24.8 Å². The number of aromatic nitrogens is 3. The molecular formula is C40H43F3N6O4. The fraction of sp³-hybridized carbons (Fsp3) is 0.425. The minimum atomic E-state index is -1.03. The van der Waals surface area contributed by atoms with Gasteiger partial charge in [-0.05, 0) is 56.5 Å². The number of nitrogens with zero attached hydrogens (tertiary/aromatic N) is 5. The lowest BCUT2D eigenvalue weighted by atomic mass is 9.95. The van der Waals surface area contributed by atoms with E-state index in [1.165, 1.54) is 36.5 Å². The number of likely N-dealkylation sites (tertiary alicyclic amines) is 1. The lowest BCUT2D eigenvalue weighted by molar-refractivity contribution is -0.137. The number of nitrogens with one attached hydrogen (secondary N) is 1. The molecule has 1 N–H and O–H groups in total. The van der Waals surface area contributed by atoms with Crippen molar-refractivity contribution in [3.63, 3.8) is 0 Å². The Balaban J connectivity index is 1.50. The predicted octanol–water partition coefficient (Wildman–Crippen LogP) is 6.85. The minimum absolute atomic E-state index is 0.0215. The van der Waals surface area contributed by atoms with Crippen LogP contribution in [0, 0.1) is 29.9 Å². The SMILES string of the molecule is C#Cc1c(F)ccc2cc(OC(=O)C(C)C)cc(-c3ncc4c(NCC5(N(C)C(=O)C=C)CCCC5)nc(OC[C@]5(C)C[C@@H](F)CN5C)nc4c3F)c12. The highest BCUT2D eigenvalue weighted by atomic mass is 19.1. The van der Waals surface area contributed by atoms with E-state index < -0.39 is 40.8 Å². The third kappa shape index (κ3) is 7.12. The van der Waals surface area contributed by atoms with E-state index in [0.717, 1.165) is 25.7 Å². The van der Waals surface area contributed by atoms with Crippen molar-refractivity contribution >= 4 is 39.4 Å². The summed E-state index contributed by atoms with van der Waals surface area (Å²) in [6, 6.07) is 5.43. The Morgan fingerprint density at radius 3 is 2.60 bits per heavy atom. The van der Waals surface area contributed by atoms with Gasteiger partial charge in [0.1, 0.15) is 41.4 Å². The molecule has 6 rings (SSSR count). The number of rotatable bonds is 11. The van der Waals surface area contributed by atoms with Crippen molar-refractivity contribution in [3.05, 3.63) is 60.3 Å². The second kappa shape index (κ2) is 14.7. The number of carbonyl (C=O) groups excluding carboxylic acids is 2. The van der Waals surface area contributed by atoms with Crippen LogP contribution in [0.2, 0.25) is 0 Å². The Labute approximate surface area is 306 Å². The Hall–Kier alpha value is -5.22. The highest BCUT2D eigenvalue weighted by Gasteiger charge is 2.42. The topological polar surface area (TPSA) is 110 Å². The van der Waals surface area contributed by atoms with Crippen LogP contribution in [0.25, 0.3) is 32.9 Å². The van der Waals surface area contributed by atoms with Gasteiger partial charge in [-0.3, -0.25) is 19.5 Å². The summed E-state index contributed by atoms with van der Waals surface area (Å²) in [5.41, 5.74) is -1.65. The Kier molecular flexibility index (Phi) is 10.4. The highest BCUT2D eigenvalue weighted by molar-refractivity contribution is 6.03. The maximum atomic E-state index is 17.1. The maximum Gasteiger partial charge on any atom is 0.319 e. The summed E-state index contributed by atoms with van der Waals surface area (Å²) in [6.45, 7) is 9.42. The lowest BCUT2D eigenvalue weighted by Crippen LogP contribution is -2.51.